The summed E-state index contributed by atoms with van der Waals surface area (Å²) in [4.78, 5) is 23.2. The Hall–Kier alpha value is -1.40. The maximum atomic E-state index is 12.0. The van der Waals surface area contributed by atoms with Crippen LogP contribution in [0.2, 0.25) is 0 Å². The highest BCUT2D eigenvalue weighted by Gasteiger charge is 2.33. The van der Waals surface area contributed by atoms with Crippen LogP contribution in [0.4, 0.5) is 13.6 Å². The minimum absolute atomic E-state index is 0.701. The van der Waals surface area contributed by atoms with Crippen LogP contribution in [0, 0.1) is 5.41 Å². The smallest absolute Gasteiger partial charge is 0.326 e. The maximum absolute atomic E-state index is 12.0. The first-order chi connectivity index (χ1) is 7.55. The van der Waals surface area contributed by atoms with Crippen molar-refractivity contribution >= 4 is 12.0 Å². The second-order valence-electron chi connectivity index (χ2n) is 4.86. The normalized spacial score (nSPS) is 13.4. The lowest BCUT2D eigenvalue weighted by atomic mass is 9.87. The monoisotopic (exact) mass is 252 g/mol. The summed E-state index contributed by atoms with van der Waals surface area (Å²) >= 11 is 0. The van der Waals surface area contributed by atoms with Crippen LogP contribution in [0.15, 0.2) is 0 Å². The number of carbonyl (C=O) groups excluding carboxylic acids is 1. The van der Waals surface area contributed by atoms with E-state index in [1.807, 2.05) is 0 Å². The molecule has 2 amide bonds. The third-order valence-corrected chi connectivity index (χ3v) is 2.14. The molecule has 0 aromatic rings. The molecular formula is C10H18F2N2O3. The van der Waals surface area contributed by atoms with Crippen LogP contribution in [-0.4, -0.2) is 48.1 Å². The van der Waals surface area contributed by atoms with Crippen LogP contribution in [0.25, 0.3) is 0 Å². The van der Waals surface area contributed by atoms with Crippen molar-refractivity contribution in [2.24, 2.45) is 5.41 Å². The van der Waals surface area contributed by atoms with Crippen molar-refractivity contribution in [1.82, 2.24) is 10.2 Å². The van der Waals surface area contributed by atoms with Gasteiger partial charge in [0.25, 0.3) is 6.43 Å². The van der Waals surface area contributed by atoms with Crippen LogP contribution in [0.3, 0.4) is 0 Å². The third kappa shape index (κ3) is 5.46. The number of halogens is 2. The predicted octanol–water partition coefficient (Wildman–Crippen LogP) is 1.39. The van der Waals surface area contributed by atoms with Crippen LogP contribution < -0.4 is 5.32 Å². The fourth-order valence-corrected chi connectivity index (χ4v) is 1.17. The molecule has 0 spiro atoms. The minimum atomic E-state index is -2.65. The van der Waals surface area contributed by atoms with E-state index in [-0.39, 0.29) is 0 Å². The Kier molecular flexibility index (Phi) is 5.31. The summed E-state index contributed by atoms with van der Waals surface area (Å²) in [6, 6.07) is -1.96. The van der Waals surface area contributed by atoms with Crippen molar-refractivity contribution in [3.8, 4) is 0 Å². The number of rotatable bonds is 4. The van der Waals surface area contributed by atoms with Gasteiger partial charge in [-0.1, -0.05) is 20.8 Å². The number of urea groups is 1. The predicted molar refractivity (Wildman–Crippen MR) is 58.0 cm³/mol. The Bertz CT molecular complexity index is 290. The molecule has 0 rings (SSSR count). The molecule has 0 radical (unpaired) electrons. The van der Waals surface area contributed by atoms with Crippen molar-refractivity contribution < 1.29 is 23.5 Å². The first-order valence-electron chi connectivity index (χ1n) is 5.08. The fourth-order valence-electron chi connectivity index (χ4n) is 1.17. The van der Waals surface area contributed by atoms with Gasteiger partial charge in [-0.2, -0.15) is 0 Å². The van der Waals surface area contributed by atoms with Gasteiger partial charge in [-0.15, -0.1) is 0 Å². The van der Waals surface area contributed by atoms with Crippen molar-refractivity contribution in [2.45, 2.75) is 33.2 Å². The van der Waals surface area contributed by atoms with Crippen LogP contribution in [0.1, 0.15) is 20.8 Å². The molecule has 0 aromatic carbocycles. The molecular weight excluding hydrogens is 234 g/mol. The van der Waals surface area contributed by atoms with Crippen LogP contribution in [-0.2, 0) is 4.79 Å². The summed E-state index contributed by atoms with van der Waals surface area (Å²) in [5.74, 6) is -1.20. The zero-order chi connectivity index (χ0) is 13.8. The summed E-state index contributed by atoms with van der Waals surface area (Å²) in [7, 11) is 1.18. The van der Waals surface area contributed by atoms with Crippen LogP contribution in [0.5, 0.6) is 0 Å². The summed E-state index contributed by atoms with van der Waals surface area (Å²) < 4.78 is 24.1. The average Bonchev–Trinajstić information content (AvgIpc) is 2.09. The quantitative estimate of drug-likeness (QED) is 0.794. The van der Waals surface area contributed by atoms with Gasteiger partial charge in [-0.25, -0.2) is 18.4 Å². The fraction of sp³-hybridized carbons (Fsp3) is 0.800. The third-order valence-electron chi connectivity index (χ3n) is 2.14. The first-order valence-corrected chi connectivity index (χ1v) is 5.08. The minimum Gasteiger partial charge on any atom is -0.480 e. The molecule has 0 aliphatic heterocycles. The highest BCUT2D eigenvalue weighted by atomic mass is 19.3. The molecule has 0 heterocycles. The lowest BCUT2D eigenvalue weighted by Gasteiger charge is -2.29. The number of carboxylic acid groups (broad SMARTS) is 1. The molecule has 1 atom stereocenters. The standard InChI is InChI=1S/C10H18F2N2O3/c1-10(2,3)7(8(15)16)13-9(17)14(4)5-6(11)12/h6-7H,5H2,1-4H3,(H,13,17)(H,15,16)/t7-/m0/s1. The second kappa shape index (κ2) is 5.79. The summed E-state index contributed by atoms with van der Waals surface area (Å²) in [6.07, 6.45) is -2.65. The van der Waals surface area contributed by atoms with Gasteiger partial charge in [0, 0.05) is 7.05 Å². The van der Waals surface area contributed by atoms with E-state index in [9.17, 15) is 18.4 Å². The highest BCUT2D eigenvalue weighted by molar-refractivity contribution is 5.83. The van der Waals surface area contributed by atoms with Gasteiger partial charge in [0.1, 0.15) is 6.04 Å². The van der Waals surface area contributed by atoms with Crippen molar-refractivity contribution in [3.63, 3.8) is 0 Å². The number of hydrogen-bond donors (Lipinski definition) is 2. The van der Waals surface area contributed by atoms with E-state index in [1.54, 1.807) is 20.8 Å². The van der Waals surface area contributed by atoms with Gasteiger partial charge >= 0.3 is 12.0 Å². The number of alkyl halides is 2. The number of carboxylic acids is 1. The molecule has 0 aliphatic rings. The molecule has 17 heavy (non-hydrogen) atoms. The lowest BCUT2D eigenvalue weighted by molar-refractivity contribution is -0.142. The van der Waals surface area contributed by atoms with E-state index in [1.165, 1.54) is 7.05 Å². The van der Waals surface area contributed by atoms with Gasteiger partial charge in [0.15, 0.2) is 0 Å². The number of carbonyl (C=O) groups is 2. The van der Waals surface area contributed by atoms with E-state index in [0.717, 1.165) is 4.90 Å². The summed E-state index contributed by atoms with van der Waals surface area (Å²) in [5.41, 5.74) is -0.701. The van der Waals surface area contributed by atoms with E-state index >= 15 is 0 Å². The lowest BCUT2D eigenvalue weighted by Crippen LogP contribution is -2.53. The largest absolute Gasteiger partial charge is 0.480 e. The van der Waals surface area contributed by atoms with E-state index in [0.29, 0.717) is 0 Å². The molecule has 0 aromatic heterocycles. The molecule has 0 bridgehead atoms. The van der Waals surface area contributed by atoms with Gasteiger partial charge in [-0.05, 0) is 5.41 Å². The number of nitrogens with zero attached hydrogens (tertiary/aromatic N) is 1. The van der Waals surface area contributed by atoms with Gasteiger partial charge in [-0.3, -0.25) is 0 Å². The Morgan fingerprint density at radius 2 is 1.82 bits per heavy atom. The Morgan fingerprint density at radius 1 is 1.35 bits per heavy atom. The Balaban J connectivity index is 4.58. The van der Waals surface area contributed by atoms with Gasteiger partial charge in [0.05, 0.1) is 6.54 Å². The zero-order valence-corrected chi connectivity index (χ0v) is 10.3. The van der Waals surface area contributed by atoms with E-state index in [4.69, 9.17) is 5.11 Å². The molecule has 0 saturated heterocycles. The molecule has 0 aliphatic carbocycles. The van der Waals surface area contributed by atoms with Crippen LogP contribution >= 0.6 is 0 Å². The average molecular weight is 252 g/mol. The van der Waals surface area contributed by atoms with Gasteiger partial charge in [0.2, 0.25) is 0 Å². The second-order valence-corrected chi connectivity index (χ2v) is 4.86. The number of amides is 2. The molecule has 7 heteroatoms. The van der Waals surface area contributed by atoms with Crippen molar-refractivity contribution in [1.29, 1.82) is 0 Å². The number of aliphatic carboxylic acids is 1. The highest BCUT2D eigenvalue weighted by Crippen LogP contribution is 2.19. The molecule has 0 saturated carbocycles. The Morgan fingerprint density at radius 3 is 2.12 bits per heavy atom. The SMILES string of the molecule is CN(CC(F)F)C(=O)N[C@@H](C(=O)O)C(C)(C)C. The van der Waals surface area contributed by atoms with Gasteiger partial charge < -0.3 is 15.3 Å². The topological polar surface area (TPSA) is 69.6 Å². The maximum Gasteiger partial charge on any atom is 0.326 e. The van der Waals surface area contributed by atoms with Crippen molar-refractivity contribution in [3.05, 3.63) is 0 Å². The Labute approximate surface area is 98.8 Å². The number of nitrogens with one attached hydrogen (secondary N) is 1. The summed E-state index contributed by atoms with van der Waals surface area (Å²) in [5, 5.41) is 11.2. The zero-order valence-electron chi connectivity index (χ0n) is 10.3. The summed E-state index contributed by atoms with van der Waals surface area (Å²) in [6.45, 7) is 4.18. The molecule has 0 unspecified atom stereocenters. The van der Waals surface area contributed by atoms with E-state index in [2.05, 4.69) is 5.32 Å². The van der Waals surface area contributed by atoms with E-state index < -0.39 is 36.4 Å². The molecule has 2 N–H and O–H groups in total. The molecule has 5 nitrogen and oxygen atoms in total. The molecule has 100 valence electrons. The van der Waals surface area contributed by atoms with Crippen molar-refractivity contribution in [2.75, 3.05) is 13.6 Å². The first kappa shape index (κ1) is 15.6. The molecule has 0 fully saturated rings. The number of hydrogen-bond acceptors (Lipinski definition) is 2.